The topological polar surface area (TPSA) is 159 Å². The van der Waals surface area contributed by atoms with Gasteiger partial charge in [0.05, 0.1) is 27.0 Å². The number of rotatable bonds is 9. The van der Waals surface area contributed by atoms with Crippen molar-refractivity contribution in [2.75, 3.05) is 60.0 Å². The van der Waals surface area contributed by atoms with Gasteiger partial charge in [-0.25, -0.2) is 0 Å². The number of fused-ring (bicyclic) bond motifs is 1. The van der Waals surface area contributed by atoms with Crippen LogP contribution in [0.3, 0.4) is 0 Å². The zero-order valence-corrected chi connectivity index (χ0v) is 30.4. The molecule has 5 heterocycles. The van der Waals surface area contributed by atoms with E-state index < -0.39 is 0 Å². The van der Waals surface area contributed by atoms with Crippen LogP contribution in [0.2, 0.25) is 0 Å². The van der Waals surface area contributed by atoms with Gasteiger partial charge in [0, 0.05) is 62.7 Å². The summed E-state index contributed by atoms with van der Waals surface area (Å²) in [5.74, 6) is 0.403. The first-order valence-corrected chi connectivity index (χ1v) is 18.1. The van der Waals surface area contributed by atoms with Gasteiger partial charge in [-0.3, -0.25) is 39.3 Å². The van der Waals surface area contributed by atoms with Gasteiger partial charge in [-0.05, 0) is 73.5 Å². The minimum Gasteiger partial charge on any atom is -0.496 e. The molecule has 2 N–H and O–H groups in total. The molecule has 4 amide bonds. The van der Waals surface area contributed by atoms with Gasteiger partial charge in [0.2, 0.25) is 17.7 Å². The maximum Gasteiger partial charge on any atom is 0.276 e. The number of ether oxygens (including phenoxy) is 2. The summed E-state index contributed by atoms with van der Waals surface area (Å²) in [6, 6.07) is 12.0. The van der Waals surface area contributed by atoms with Gasteiger partial charge in [-0.15, -0.1) is 0 Å². The highest BCUT2D eigenvalue weighted by atomic mass is 16.5. The van der Waals surface area contributed by atoms with Crippen molar-refractivity contribution in [3.63, 3.8) is 0 Å². The molecule has 2 aromatic heterocycles. The maximum absolute atomic E-state index is 13.9. The average molecular weight is 724 g/mol. The normalized spacial score (nSPS) is 18.7. The van der Waals surface area contributed by atoms with Crippen LogP contribution in [0.5, 0.6) is 11.5 Å². The Morgan fingerprint density at radius 2 is 1.55 bits per heavy atom. The summed E-state index contributed by atoms with van der Waals surface area (Å²) in [5.41, 5.74) is 4.30. The Hall–Kier alpha value is -5.50. The van der Waals surface area contributed by atoms with Gasteiger partial charge in [-0.2, -0.15) is 5.10 Å². The van der Waals surface area contributed by atoms with E-state index in [1.165, 1.54) is 24.4 Å². The van der Waals surface area contributed by atoms with Gasteiger partial charge in [0.15, 0.2) is 0 Å². The molecule has 53 heavy (non-hydrogen) atoms. The average Bonchev–Trinajstić information content (AvgIpc) is 3.68. The third-order valence-corrected chi connectivity index (χ3v) is 11.0. The number of aromatic nitrogens is 3. The first-order chi connectivity index (χ1) is 25.6. The number of piperazine rings is 1. The zero-order valence-electron chi connectivity index (χ0n) is 30.4. The largest absolute Gasteiger partial charge is 0.496 e. The molecule has 1 unspecified atom stereocenters. The molecule has 0 spiro atoms. The standard InChI is InChI=1S/C39H45N7O7/c1-43-22-30(29-21-40-42-36(29)39(43)51)28-19-31(52-2)35(32(20-28)53-3)38(50)46-16-14-45(15-17-46)34(48)23-44-12-10-26(11-13-44)25-6-4-24(5-7-25)18-27-8-9-33(47)41-37(27)49/h4-7,19-22,26-27H,8-18,23H2,1-3H3,(H,40,42)(H,41,47,49). The zero-order chi connectivity index (χ0) is 37.2. The van der Waals surface area contributed by atoms with Crippen molar-refractivity contribution in [1.82, 2.24) is 34.8 Å². The second kappa shape index (κ2) is 15.2. The molecule has 4 aromatic rings. The summed E-state index contributed by atoms with van der Waals surface area (Å²) in [4.78, 5) is 69.3. The smallest absolute Gasteiger partial charge is 0.276 e. The molecule has 0 radical (unpaired) electrons. The van der Waals surface area contributed by atoms with E-state index >= 15 is 0 Å². The minimum absolute atomic E-state index is 0.0655. The van der Waals surface area contributed by atoms with Crippen molar-refractivity contribution >= 4 is 34.5 Å². The molecule has 14 heteroatoms. The Labute approximate surface area is 307 Å². The number of amides is 4. The summed E-state index contributed by atoms with van der Waals surface area (Å²) < 4.78 is 12.9. The number of hydrogen-bond acceptors (Lipinski definition) is 9. The Bertz CT molecular complexity index is 2070. The number of hydrogen-bond donors (Lipinski definition) is 2. The highest BCUT2D eigenvalue weighted by Gasteiger charge is 2.31. The maximum atomic E-state index is 13.9. The molecule has 0 bridgehead atoms. The summed E-state index contributed by atoms with van der Waals surface area (Å²) >= 11 is 0. The lowest BCUT2D eigenvalue weighted by atomic mass is 9.87. The molecule has 7 rings (SSSR count). The van der Waals surface area contributed by atoms with E-state index in [1.807, 2.05) is 4.90 Å². The van der Waals surface area contributed by atoms with Crippen LogP contribution in [0.15, 0.2) is 53.6 Å². The molecule has 2 aromatic carbocycles. The molecule has 14 nitrogen and oxygen atoms in total. The molecule has 3 fully saturated rings. The highest BCUT2D eigenvalue weighted by Crippen LogP contribution is 2.38. The number of benzene rings is 2. The summed E-state index contributed by atoms with van der Waals surface area (Å²) in [6.07, 6.45) is 6.86. The van der Waals surface area contributed by atoms with Crippen molar-refractivity contribution in [3.8, 4) is 22.6 Å². The fourth-order valence-electron chi connectivity index (χ4n) is 7.84. The Morgan fingerprint density at radius 1 is 0.887 bits per heavy atom. The van der Waals surface area contributed by atoms with Crippen LogP contribution in [0.4, 0.5) is 0 Å². The number of aromatic amines is 1. The minimum atomic E-state index is -0.239. The molecular weight excluding hydrogens is 678 g/mol. The van der Waals surface area contributed by atoms with E-state index in [2.05, 4.69) is 44.7 Å². The summed E-state index contributed by atoms with van der Waals surface area (Å²) in [7, 11) is 4.68. The van der Waals surface area contributed by atoms with Crippen LogP contribution >= 0.6 is 0 Å². The number of nitrogens with one attached hydrogen (secondary N) is 2. The number of aryl methyl sites for hydroxylation is 1. The third-order valence-electron chi connectivity index (χ3n) is 11.0. The van der Waals surface area contributed by atoms with Crippen LogP contribution in [0, 0.1) is 5.92 Å². The van der Waals surface area contributed by atoms with Crippen LogP contribution in [-0.4, -0.2) is 113 Å². The third kappa shape index (κ3) is 7.41. The number of nitrogens with zero attached hydrogens (tertiary/aromatic N) is 5. The van der Waals surface area contributed by atoms with E-state index in [1.54, 1.807) is 36.5 Å². The van der Waals surface area contributed by atoms with Crippen LogP contribution in [0.1, 0.15) is 53.1 Å². The first kappa shape index (κ1) is 35.9. The van der Waals surface area contributed by atoms with Crippen molar-refractivity contribution < 1.29 is 28.7 Å². The highest BCUT2D eigenvalue weighted by molar-refractivity contribution is 6.02. The second-order valence-electron chi connectivity index (χ2n) is 14.2. The number of piperidine rings is 2. The van der Waals surface area contributed by atoms with Crippen molar-refractivity contribution in [2.45, 2.75) is 38.0 Å². The monoisotopic (exact) mass is 723 g/mol. The van der Waals surface area contributed by atoms with E-state index in [0.717, 1.165) is 37.1 Å². The number of H-pyrrole nitrogens is 1. The first-order valence-electron chi connectivity index (χ1n) is 18.1. The molecule has 3 aliphatic heterocycles. The number of carbonyl (C=O) groups excluding carboxylic acids is 4. The van der Waals surface area contributed by atoms with Crippen molar-refractivity contribution in [3.05, 3.63) is 75.8 Å². The van der Waals surface area contributed by atoms with Gasteiger partial charge >= 0.3 is 0 Å². The predicted molar refractivity (Wildman–Crippen MR) is 197 cm³/mol. The Kier molecular flexibility index (Phi) is 10.3. The van der Waals surface area contributed by atoms with Crippen molar-refractivity contribution in [2.24, 2.45) is 13.0 Å². The quantitative estimate of drug-likeness (QED) is 0.248. The van der Waals surface area contributed by atoms with Gasteiger partial charge in [-0.1, -0.05) is 24.3 Å². The number of methoxy groups -OCH3 is 2. The SMILES string of the molecule is COc1cc(-c2cn(C)c(=O)c3[nH]ncc23)cc(OC)c1C(=O)N1CCN(C(=O)CN2CCC(c3ccc(CC4CCC(=O)NC4=O)cc3)CC2)CC1. The van der Waals surface area contributed by atoms with Gasteiger partial charge in [0.25, 0.3) is 11.5 Å². The van der Waals surface area contributed by atoms with Crippen LogP contribution in [0.25, 0.3) is 22.0 Å². The van der Waals surface area contributed by atoms with E-state index in [0.29, 0.717) is 91.4 Å². The number of pyridine rings is 1. The second-order valence-corrected chi connectivity index (χ2v) is 14.2. The summed E-state index contributed by atoms with van der Waals surface area (Å²) in [6.45, 7) is 3.65. The van der Waals surface area contributed by atoms with E-state index in [9.17, 15) is 24.0 Å². The molecule has 3 aliphatic rings. The Balaban J connectivity index is 0.921. The molecule has 278 valence electrons. The van der Waals surface area contributed by atoms with E-state index in [-0.39, 0.29) is 35.1 Å². The number of carbonyl (C=O) groups is 4. The van der Waals surface area contributed by atoms with Crippen LogP contribution in [-0.2, 0) is 27.9 Å². The Morgan fingerprint density at radius 3 is 2.19 bits per heavy atom. The lowest BCUT2D eigenvalue weighted by Gasteiger charge is -2.37. The molecule has 1 atom stereocenters. The lowest BCUT2D eigenvalue weighted by Crippen LogP contribution is -2.53. The lowest BCUT2D eigenvalue weighted by molar-refractivity contribution is -0.136. The summed E-state index contributed by atoms with van der Waals surface area (Å²) in [5, 5.41) is 9.92. The number of likely N-dealkylation sites (tertiary alicyclic amines) is 1. The van der Waals surface area contributed by atoms with Gasteiger partial charge in [0.1, 0.15) is 22.6 Å². The van der Waals surface area contributed by atoms with Crippen molar-refractivity contribution in [1.29, 1.82) is 0 Å². The molecule has 0 saturated carbocycles. The number of imide groups is 1. The molecular formula is C39H45N7O7. The fraction of sp³-hybridized carbons (Fsp3) is 0.436. The molecule has 0 aliphatic carbocycles. The van der Waals surface area contributed by atoms with E-state index in [4.69, 9.17) is 9.47 Å². The van der Waals surface area contributed by atoms with Gasteiger partial charge < -0.3 is 23.8 Å². The fourth-order valence-corrected chi connectivity index (χ4v) is 7.84. The molecule has 3 saturated heterocycles. The predicted octanol–water partition coefficient (Wildman–Crippen LogP) is 2.71. The van der Waals surface area contributed by atoms with Crippen LogP contribution < -0.4 is 20.3 Å².